The van der Waals surface area contributed by atoms with Crippen molar-refractivity contribution in [3.05, 3.63) is 144 Å². The topological polar surface area (TPSA) is 0 Å². The maximum absolute atomic E-state index is 2.37. The van der Waals surface area contributed by atoms with Gasteiger partial charge >= 0.3 is 14.1 Å². The Labute approximate surface area is 189 Å². The summed E-state index contributed by atoms with van der Waals surface area (Å²) in [5.74, 6) is 0. The lowest BCUT2D eigenvalue weighted by Gasteiger charge is -2.16. The summed E-state index contributed by atoms with van der Waals surface area (Å²) in [7, 11) is 0. The van der Waals surface area contributed by atoms with E-state index in [4.69, 9.17) is 0 Å². The average Bonchev–Trinajstić information content (AvgIpc) is 3.21. The van der Waals surface area contributed by atoms with Crippen LogP contribution in [0.2, 0.25) is 5.28 Å². The van der Waals surface area contributed by atoms with E-state index < -0.39 is 14.1 Å². The molecule has 0 aromatic heterocycles. The summed E-state index contributed by atoms with van der Waals surface area (Å²) < 4.78 is 3.15. The van der Waals surface area contributed by atoms with E-state index in [1.54, 1.807) is 8.87 Å². The molecule has 4 aromatic rings. The lowest BCUT2D eigenvalue weighted by atomic mass is 9.89. The zero-order valence-electron chi connectivity index (χ0n) is 17.8. The number of hydrogen-bond donors (Lipinski definition) is 0. The number of benzene rings is 4. The summed E-state index contributed by atoms with van der Waals surface area (Å²) in [6.07, 6.45) is 0. The minimum atomic E-state index is -1.44. The van der Waals surface area contributed by atoms with Crippen molar-refractivity contribution >= 4 is 34.2 Å². The fraction of sp³-hybridized carbons (Fsp3) is 0.0667. The molecule has 1 aliphatic rings. The molecule has 148 valence electrons. The van der Waals surface area contributed by atoms with E-state index >= 15 is 0 Å². The van der Waals surface area contributed by atoms with Crippen LogP contribution in [0.25, 0.3) is 20.0 Å². The van der Waals surface area contributed by atoms with Gasteiger partial charge in [-0.15, -0.1) is 0 Å². The standard InChI is InChI=1S/C28H20.C2H5.Al/c1-5-13-23(14-6-1)21-27(25-17-9-3-10-18-25)28(26-19-11-4-12-20-26)22-24-15-7-2-8-16-24;1-2;/h1-20H;1H2,2H3;. The molecule has 0 aliphatic carbocycles. The van der Waals surface area contributed by atoms with E-state index in [9.17, 15) is 0 Å². The fourth-order valence-corrected chi connectivity index (χ4v) is 8.52. The molecule has 0 spiro atoms. The molecule has 0 bridgehead atoms. The molecule has 0 unspecified atom stereocenters. The Bertz CT molecular complexity index is 1120. The second kappa shape index (κ2) is 8.95. The molecule has 0 amide bonds. The van der Waals surface area contributed by atoms with Gasteiger partial charge in [0.2, 0.25) is 0 Å². The molecule has 0 atom stereocenters. The van der Waals surface area contributed by atoms with Crippen molar-refractivity contribution in [1.29, 1.82) is 0 Å². The molecular weight excluding hydrogens is 387 g/mol. The van der Waals surface area contributed by atoms with Crippen molar-refractivity contribution in [2.24, 2.45) is 0 Å². The van der Waals surface area contributed by atoms with Crippen molar-refractivity contribution in [2.75, 3.05) is 0 Å². The monoisotopic (exact) mass is 412 g/mol. The van der Waals surface area contributed by atoms with Gasteiger partial charge in [-0.05, 0) is 33.4 Å². The lowest BCUT2D eigenvalue weighted by Crippen LogP contribution is -2.15. The minimum absolute atomic E-state index is 1.20. The first-order valence-corrected chi connectivity index (χ1v) is 13.1. The molecule has 0 fully saturated rings. The molecule has 0 nitrogen and oxygen atoms in total. The first-order valence-electron chi connectivity index (χ1n) is 11.1. The second-order valence-corrected chi connectivity index (χ2v) is 11.1. The molecule has 5 rings (SSSR count). The summed E-state index contributed by atoms with van der Waals surface area (Å²) in [6.45, 7) is 2.37. The Balaban J connectivity index is 1.89. The minimum Gasteiger partial charge on any atom is -0.0891 e. The van der Waals surface area contributed by atoms with E-state index in [1.165, 1.54) is 38.7 Å². The summed E-state index contributed by atoms with van der Waals surface area (Å²) >= 11 is -1.44. The van der Waals surface area contributed by atoms with Crippen molar-refractivity contribution < 1.29 is 0 Å². The average molecular weight is 413 g/mol. The zero-order chi connectivity index (χ0) is 21.0. The Kier molecular flexibility index (Phi) is 5.72. The molecule has 0 saturated carbocycles. The summed E-state index contributed by atoms with van der Waals surface area (Å²) in [5, 5.41) is 1.20. The van der Waals surface area contributed by atoms with Gasteiger partial charge in [0.1, 0.15) is 0 Å². The Morgan fingerprint density at radius 1 is 0.419 bits per heavy atom. The highest BCUT2D eigenvalue weighted by atomic mass is 27.2. The molecule has 0 radical (unpaired) electrons. The van der Waals surface area contributed by atoms with Gasteiger partial charge in [0.25, 0.3) is 0 Å². The Morgan fingerprint density at radius 3 is 1.00 bits per heavy atom. The van der Waals surface area contributed by atoms with Crippen LogP contribution < -0.4 is 0 Å². The Hall–Kier alpha value is -3.11. The van der Waals surface area contributed by atoms with E-state index in [1.807, 2.05) is 0 Å². The molecule has 1 heterocycles. The van der Waals surface area contributed by atoms with Gasteiger partial charge in [0, 0.05) is 0 Å². The van der Waals surface area contributed by atoms with Crippen LogP contribution in [-0.2, 0) is 0 Å². The highest BCUT2D eigenvalue weighted by molar-refractivity contribution is 7.00. The van der Waals surface area contributed by atoms with Gasteiger partial charge in [-0.3, -0.25) is 0 Å². The maximum atomic E-state index is 2.37. The van der Waals surface area contributed by atoms with Crippen LogP contribution in [0.15, 0.2) is 121 Å². The van der Waals surface area contributed by atoms with Crippen molar-refractivity contribution in [1.82, 2.24) is 0 Å². The van der Waals surface area contributed by atoms with Gasteiger partial charge in [0.05, 0.1) is 0 Å². The van der Waals surface area contributed by atoms with Crippen molar-refractivity contribution in [2.45, 2.75) is 12.2 Å². The first-order chi connectivity index (χ1) is 15.4. The van der Waals surface area contributed by atoms with E-state index in [-0.39, 0.29) is 0 Å². The Morgan fingerprint density at radius 2 is 0.710 bits per heavy atom. The van der Waals surface area contributed by atoms with Crippen LogP contribution in [0, 0.1) is 0 Å². The molecule has 1 aliphatic heterocycles. The molecule has 1 heteroatoms. The molecular formula is C30H25Al. The molecule has 4 aromatic carbocycles. The van der Waals surface area contributed by atoms with Gasteiger partial charge in [-0.25, -0.2) is 0 Å². The van der Waals surface area contributed by atoms with Crippen LogP contribution in [-0.4, -0.2) is 14.1 Å². The molecule has 0 saturated heterocycles. The van der Waals surface area contributed by atoms with Gasteiger partial charge in [0.15, 0.2) is 0 Å². The predicted molar refractivity (Wildman–Crippen MR) is 136 cm³/mol. The SMILES string of the molecule is C[CH2][Al]1[C](c2ccccc2)=C(c2ccccc2)C(c2ccccc2)=[C]1c1ccccc1. The van der Waals surface area contributed by atoms with Crippen molar-refractivity contribution in [3.8, 4) is 0 Å². The quantitative estimate of drug-likeness (QED) is 0.293. The van der Waals surface area contributed by atoms with Crippen LogP contribution in [0.1, 0.15) is 29.2 Å². The number of rotatable bonds is 5. The molecule has 31 heavy (non-hydrogen) atoms. The summed E-state index contributed by atoms with van der Waals surface area (Å²) in [5.41, 5.74) is 8.23. The van der Waals surface area contributed by atoms with Gasteiger partial charge < -0.3 is 0 Å². The van der Waals surface area contributed by atoms with Crippen LogP contribution in [0.3, 0.4) is 0 Å². The maximum Gasteiger partial charge on any atom is 0.349 e. The first kappa shape index (κ1) is 19.8. The summed E-state index contributed by atoms with van der Waals surface area (Å²) in [4.78, 5) is 0. The van der Waals surface area contributed by atoms with Crippen LogP contribution in [0.5, 0.6) is 0 Å². The largest absolute Gasteiger partial charge is 0.349 e. The normalized spacial score (nSPS) is 13.8. The fourth-order valence-electron chi connectivity index (χ4n) is 4.91. The number of allylic oxidation sites excluding steroid dienone is 2. The number of hydrogen-bond acceptors (Lipinski definition) is 0. The van der Waals surface area contributed by atoms with Gasteiger partial charge in [-0.2, -0.15) is 0 Å². The third-order valence-corrected chi connectivity index (χ3v) is 9.64. The highest BCUT2D eigenvalue weighted by Gasteiger charge is 2.39. The van der Waals surface area contributed by atoms with E-state index in [0.29, 0.717) is 0 Å². The van der Waals surface area contributed by atoms with Gasteiger partial charge in [-0.1, -0.05) is 142 Å². The van der Waals surface area contributed by atoms with Crippen LogP contribution in [0.4, 0.5) is 0 Å². The highest BCUT2D eigenvalue weighted by Crippen LogP contribution is 2.51. The van der Waals surface area contributed by atoms with Crippen LogP contribution >= 0.6 is 0 Å². The third-order valence-electron chi connectivity index (χ3n) is 6.19. The predicted octanol–water partition coefficient (Wildman–Crippen LogP) is 7.82. The zero-order valence-corrected chi connectivity index (χ0v) is 19.0. The van der Waals surface area contributed by atoms with E-state index in [2.05, 4.69) is 128 Å². The summed E-state index contributed by atoms with van der Waals surface area (Å²) in [6, 6.07) is 44.1. The smallest absolute Gasteiger partial charge is 0.0891 e. The van der Waals surface area contributed by atoms with Crippen molar-refractivity contribution in [3.63, 3.8) is 0 Å². The lowest BCUT2D eigenvalue weighted by molar-refractivity contribution is 1.44. The third kappa shape index (κ3) is 3.72. The second-order valence-electron chi connectivity index (χ2n) is 8.00. The molecule has 0 N–H and O–H groups in total. The van der Waals surface area contributed by atoms with E-state index in [0.717, 1.165) is 0 Å².